The number of likely N-dealkylation sites (tertiary alicyclic amines) is 1. The van der Waals surface area contributed by atoms with Crippen molar-refractivity contribution >= 4 is 12.0 Å². The lowest BCUT2D eigenvalue weighted by Gasteiger charge is -2.27. The predicted molar refractivity (Wildman–Crippen MR) is 74.0 cm³/mol. The molecule has 5 nitrogen and oxygen atoms in total. The second-order valence-electron chi connectivity index (χ2n) is 6.38. The van der Waals surface area contributed by atoms with Gasteiger partial charge in [-0.05, 0) is 30.6 Å². The van der Waals surface area contributed by atoms with E-state index < -0.39 is 5.97 Å². The Hall–Kier alpha value is -1.26. The fraction of sp³-hybridized carbons (Fsp3) is 0.857. The topological polar surface area (TPSA) is 69.6 Å². The summed E-state index contributed by atoms with van der Waals surface area (Å²) < 4.78 is 0. The van der Waals surface area contributed by atoms with E-state index >= 15 is 0 Å². The highest BCUT2D eigenvalue weighted by Gasteiger charge is 2.33. The zero-order chi connectivity index (χ0) is 14.5. The van der Waals surface area contributed by atoms with Crippen LogP contribution in [0.4, 0.5) is 4.79 Å². The minimum atomic E-state index is -0.779. The number of carbonyl (C=O) groups is 2. The van der Waals surface area contributed by atoms with Crippen molar-refractivity contribution in [1.82, 2.24) is 10.2 Å². The highest BCUT2D eigenvalue weighted by molar-refractivity contribution is 5.74. The number of nitrogens with zero attached hydrogens (tertiary/aromatic N) is 1. The Morgan fingerprint density at radius 3 is 2.53 bits per heavy atom. The van der Waals surface area contributed by atoms with Crippen LogP contribution >= 0.6 is 0 Å². The van der Waals surface area contributed by atoms with Crippen LogP contribution in [0.5, 0.6) is 0 Å². The molecule has 0 bridgehead atoms. The van der Waals surface area contributed by atoms with Crippen LogP contribution in [0.2, 0.25) is 0 Å². The standard InChI is InChI=1S/C14H26N2O3/c1-14(2,3)11-7-9-16(10-11)13(19)15-8-5-4-6-12(17)18/h11H,4-10H2,1-3H3,(H,15,19)(H,17,18). The van der Waals surface area contributed by atoms with E-state index in [-0.39, 0.29) is 17.9 Å². The summed E-state index contributed by atoms with van der Waals surface area (Å²) in [5, 5.41) is 11.4. The number of aliphatic carboxylic acids is 1. The SMILES string of the molecule is CC(C)(C)C1CCN(C(=O)NCCCCC(=O)O)C1. The van der Waals surface area contributed by atoms with Gasteiger partial charge >= 0.3 is 12.0 Å². The third-order valence-electron chi connectivity index (χ3n) is 3.79. The van der Waals surface area contributed by atoms with Crippen molar-refractivity contribution < 1.29 is 14.7 Å². The van der Waals surface area contributed by atoms with Gasteiger partial charge in [0.2, 0.25) is 0 Å². The van der Waals surface area contributed by atoms with Gasteiger partial charge in [0.15, 0.2) is 0 Å². The Kier molecular flexibility index (Phi) is 5.63. The van der Waals surface area contributed by atoms with Gasteiger partial charge in [0.25, 0.3) is 0 Å². The molecule has 0 saturated carbocycles. The number of unbranched alkanes of at least 4 members (excludes halogenated alkanes) is 1. The summed E-state index contributed by atoms with van der Waals surface area (Å²) in [4.78, 5) is 24.1. The molecule has 1 fully saturated rings. The number of amides is 2. The minimum absolute atomic E-state index is 0.0120. The second kappa shape index (κ2) is 6.78. The summed E-state index contributed by atoms with van der Waals surface area (Å²) in [7, 11) is 0. The van der Waals surface area contributed by atoms with Gasteiger partial charge in [-0.25, -0.2) is 4.79 Å². The molecule has 0 aromatic carbocycles. The van der Waals surface area contributed by atoms with E-state index in [1.54, 1.807) is 0 Å². The summed E-state index contributed by atoms with van der Waals surface area (Å²) in [5.41, 5.74) is 0.247. The van der Waals surface area contributed by atoms with Gasteiger partial charge in [0, 0.05) is 26.1 Å². The smallest absolute Gasteiger partial charge is 0.317 e. The van der Waals surface area contributed by atoms with Crippen molar-refractivity contribution in [2.75, 3.05) is 19.6 Å². The fourth-order valence-electron chi connectivity index (χ4n) is 2.36. The average molecular weight is 270 g/mol. The van der Waals surface area contributed by atoms with Crippen LogP contribution in [0.1, 0.15) is 46.5 Å². The molecular formula is C14H26N2O3. The maximum atomic E-state index is 11.9. The van der Waals surface area contributed by atoms with Gasteiger partial charge in [-0.3, -0.25) is 4.79 Å². The molecule has 1 unspecified atom stereocenters. The van der Waals surface area contributed by atoms with E-state index in [1.807, 2.05) is 4.90 Å². The van der Waals surface area contributed by atoms with Gasteiger partial charge in [0.05, 0.1) is 0 Å². The van der Waals surface area contributed by atoms with Crippen LogP contribution in [-0.4, -0.2) is 41.6 Å². The molecule has 1 heterocycles. The van der Waals surface area contributed by atoms with Crippen LogP contribution in [0.15, 0.2) is 0 Å². The molecule has 1 atom stereocenters. The van der Waals surface area contributed by atoms with Gasteiger partial charge in [0.1, 0.15) is 0 Å². The first-order chi connectivity index (χ1) is 8.80. The van der Waals surface area contributed by atoms with Gasteiger partial charge in [-0.1, -0.05) is 20.8 Å². The number of carboxylic acids is 1. The molecule has 110 valence electrons. The van der Waals surface area contributed by atoms with Crippen LogP contribution in [0.3, 0.4) is 0 Å². The number of nitrogens with one attached hydrogen (secondary N) is 1. The van der Waals surface area contributed by atoms with E-state index in [0.717, 1.165) is 19.5 Å². The number of hydrogen-bond acceptors (Lipinski definition) is 2. The monoisotopic (exact) mass is 270 g/mol. The zero-order valence-electron chi connectivity index (χ0n) is 12.2. The van der Waals surface area contributed by atoms with Crippen molar-refractivity contribution in [3.63, 3.8) is 0 Å². The molecular weight excluding hydrogens is 244 g/mol. The van der Waals surface area contributed by atoms with Gasteiger partial charge in [-0.2, -0.15) is 0 Å². The zero-order valence-corrected chi connectivity index (χ0v) is 12.2. The Labute approximate surface area is 115 Å². The first-order valence-corrected chi connectivity index (χ1v) is 7.05. The average Bonchev–Trinajstić information content (AvgIpc) is 2.76. The lowest BCUT2D eigenvalue weighted by atomic mass is 9.80. The summed E-state index contributed by atoms with van der Waals surface area (Å²) in [6, 6.07) is -0.0120. The summed E-state index contributed by atoms with van der Waals surface area (Å²) in [5.74, 6) is -0.218. The molecule has 2 amide bonds. The summed E-state index contributed by atoms with van der Waals surface area (Å²) in [6.45, 7) is 8.84. The summed E-state index contributed by atoms with van der Waals surface area (Å²) in [6.07, 6.45) is 2.57. The predicted octanol–water partition coefficient (Wildman–Crippen LogP) is 2.32. The number of carbonyl (C=O) groups excluding carboxylic acids is 1. The van der Waals surface area contributed by atoms with Crippen LogP contribution in [0, 0.1) is 11.3 Å². The fourth-order valence-corrected chi connectivity index (χ4v) is 2.36. The number of urea groups is 1. The van der Waals surface area contributed by atoms with Gasteiger partial charge < -0.3 is 15.3 Å². The van der Waals surface area contributed by atoms with Crippen molar-refractivity contribution in [2.45, 2.75) is 46.5 Å². The van der Waals surface area contributed by atoms with Crippen molar-refractivity contribution in [1.29, 1.82) is 0 Å². The largest absolute Gasteiger partial charge is 0.481 e. The third kappa shape index (κ3) is 5.49. The number of carboxylic acid groups (broad SMARTS) is 1. The van der Waals surface area contributed by atoms with Crippen molar-refractivity contribution in [3.8, 4) is 0 Å². The van der Waals surface area contributed by atoms with E-state index in [4.69, 9.17) is 5.11 Å². The third-order valence-corrected chi connectivity index (χ3v) is 3.79. The quantitative estimate of drug-likeness (QED) is 0.753. The van der Waals surface area contributed by atoms with Crippen molar-refractivity contribution in [3.05, 3.63) is 0 Å². The number of hydrogen-bond donors (Lipinski definition) is 2. The molecule has 0 spiro atoms. The van der Waals surface area contributed by atoms with Crippen LogP contribution in [-0.2, 0) is 4.79 Å². The maximum absolute atomic E-state index is 11.9. The first kappa shape index (κ1) is 15.8. The lowest BCUT2D eigenvalue weighted by Crippen LogP contribution is -2.39. The molecule has 0 aromatic heterocycles. The van der Waals surface area contributed by atoms with E-state index in [9.17, 15) is 9.59 Å². The van der Waals surface area contributed by atoms with E-state index in [2.05, 4.69) is 26.1 Å². The highest BCUT2D eigenvalue weighted by Crippen LogP contribution is 2.33. The Morgan fingerprint density at radius 1 is 1.32 bits per heavy atom. The molecule has 5 heteroatoms. The molecule has 0 radical (unpaired) electrons. The second-order valence-corrected chi connectivity index (χ2v) is 6.38. The summed E-state index contributed by atoms with van der Waals surface area (Å²) >= 11 is 0. The molecule has 19 heavy (non-hydrogen) atoms. The lowest BCUT2D eigenvalue weighted by molar-refractivity contribution is -0.137. The molecule has 1 aliphatic heterocycles. The van der Waals surface area contributed by atoms with Crippen LogP contribution in [0.25, 0.3) is 0 Å². The van der Waals surface area contributed by atoms with E-state index in [0.29, 0.717) is 25.3 Å². The van der Waals surface area contributed by atoms with Crippen molar-refractivity contribution in [2.24, 2.45) is 11.3 Å². The Morgan fingerprint density at radius 2 is 2.00 bits per heavy atom. The minimum Gasteiger partial charge on any atom is -0.481 e. The molecule has 2 N–H and O–H groups in total. The molecule has 0 aliphatic carbocycles. The van der Waals surface area contributed by atoms with E-state index in [1.165, 1.54) is 0 Å². The van der Waals surface area contributed by atoms with Gasteiger partial charge in [-0.15, -0.1) is 0 Å². The first-order valence-electron chi connectivity index (χ1n) is 7.05. The molecule has 1 aliphatic rings. The molecule has 1 saturated heterocycles. The normalized spacial score (nSPS) is 19.5. The highest BCUT2D eigenvalue weighted by atomic mass is 16.4. The Balaban J connectivity index is 2.19. The van der Waals surface area contributed by atoms with Crippen LogP contribution < -0.4 is 5.32 Å². The molecule has 1 rings (SSSR count). The maximum Gasteiger partial charge on any atom is 0.317 e. The Bertz CT molecular complexity index is 323. The molecule has 0 aromatic rings. The number of rotatable bonds is 5.